The lowest BCUT2D eigenvalue weighted by Gasteiger charge is -2.09. The summed E-state index contributed by atoms with van der Waals surface area (Å²) < 4.78 is 30.3. The second-order valence-electron chi connectivity index (χ2n) is 3.64. The highest BCUT2D eigenvalue weighted by molar-refractivity contribution is 9.10. The summed E-state index contributed by atoms with van der Waals surface area (Å²) in [4.78, 5) is 0.161. The molecule has 0 saturated heterocycles. The number of hydrogen-bond donors (Lipinski definition) is 1. The topological polar surface area (TPSA) is 72.1 Å². The van der Waals surface area contributed by atoms with Crippen molar-refractivity contribution in [2.45, 2.75) is 10.6 Å². The van der Waals surface area contributed by atoms with E-state index in [1.165, 1.54) is 19.4 Å². The maximum atomic E-state index is 12.3. The first kappa shape index (κ1) is 13.1. The van der Waals surface area contributed by atoms with Crippen LogP contribution >= 0.6 is 15.9 Å². The summed E-state index contributed by atoms with van der Waals surface area (Å²) in [6, 6.07) is 6.50. The first-order valence-corrected chi connectivity index (χ1v) is 7.52. The molecule has 1 heterocycles. The number of methoxy groups -OCH3 is 1. The van der Waals surface area contributed by atoms with Crippen molar-refractivity contribution in [1.82, 2.24) is 10.2 Å². The van der Waals surface area contributed by atoms with Gasteiger partial charge in [-0.2, -0.15) is 5.10 Å². The predicted molar refractivity (Wildman–Crippen MR) is 70.2 cm³/mol. The highest BCUT2D eigenvalue weighted by Gasteiger charge is 2.21. The molecule has 0 spiro atoms. The van der Waals surface area contributed by atoms with Gasteiger partial charge in [0.25, 0.3) is 0 Å². The molecule has 0 aliphatic heterocycles. The van der Waals surface area contributed by atoms with Gasteiger partial charge in [-0.05, 0) is 24.3 Å². The van der Waals surface area contributed by atoms with Crippen LogP contribution in [0.3, 0.4) is 0 Å². The Kier molecular flexibility index (Phi) is 3.72. The van der Waals surface area contributed by atoms with E-state index >= 15 is 0 Å². The van der Waals surface area contributed by atoms with E-state index in [0.29, 0.717) is 15.9 Å². The minimum absolute atomic E-state index is 0.139. The first-order valence-electron chi connectivity index (χ1n) is 5.07. The molecule has 0 amide bonds. The van der Waals surface area contributed by atoms with Crippen molar-refractivity contribution in [2.75, 3.05) is 7.11 Å². The normalized spacial score (nSPS) is 11.4. The van der Waals surface area contributed by atoms with Crippen molar-refractivity contribution in [3.63, 3.8) is 0 Å². The summed E-state index contributed by atoms with van der Waals surface area (Å²) in [5.41, 5.74) is 0.539. The van der Waals surface area contributed by atoms with Gasteiger partial charge in [0.2, 0.25) is 0 Å². The molecule has 0 fully saturated rings. The monoisotopic (exact) mass is 330 g/mol. The molecule has 0 atom stereocenters. The van der Waals surface area contributed by atoms with E-state index in [9.17, 15) is 8.42 Å². The van der Waals surface area contributed by atoms with Crippen molar-refractivity contribution < 1.29 is 13.2 Å². The van der Waals surface area contributed by atoms with Crippen LogP contribution in [-0.2, 0) is 15.6 Å². The zero-order valence-electron chi connectivity index (χ0n) is 9.55. The third-order valence-electron chi connectivity index (χ3n) is 2.36. The number of benzene rings is 1. The van der Waals surface area contributed by atoms with E-state index < -0.39 is 9.84 Å². The Balaban J connectivity index is 2.43. The standard InChI is InChI=1S/C11H11BrN2O3S/c1-17-10-3-2-8(12)6-11(10)18(15,16)7-9-4-5-13-14-9/h2-6H,7H2,1H3,(H,13,14). The van der Waals surface area contributed by atoms with E-state index in [4.69, 9.17) is 4.74 Å². The minimum atomic E-state index is -3.47. The van der Waals surface area contributed by atoms with Crippen molar-refractivity contribution in [3.05, 3.63) is 40.6 Å². The highest BCUT2D eigenvalue weighted by atomic mass is 79.9. The van der Waals surface area contributed by atoms with Crippen LogP contribution in [0.15, 0.2) is 39.8 Å². The number of rotatable bonds is 4. The Bertz CT molecular complexity index is 638. The summed E-state index contributed by atoms with van der Waals surface area (Å²) in [5, 5.41) is 6.36. The molecule has 2 aromatic rings. The largest absolute Gasteiger partial charge is 0.495 e. The van der Waals surface area contributed by atoms with Crippen LogP contribution in [0.25, 0.3) is 0 Å². The Hall–Kier alpha value is -1.34. The van der Waals surface area contributed by atoms with Crippen molar-refractivity contribution in [3.8, 4) is 5.75 Å². The lowest BCUT2D eigenvalue weighted by atomic mass is 10.3. The van der Waals surface area contributed by atoms with Crippen LogP contribution in [0.4, 0.5) is 0 Å². The zero-order chi connectivity index (χ0) is 13.2. The maximum absolute atomic E-state index is 12.3. The lowest BCUT2D eigenvalue weighted by Crippen LogP contribution is -2.07. The molecule has 0 unspecified atom stereocenters. The number of aromatic amines is 1. The molecule has 0 bridgehead atoms. The molecule has 7 heteroatoms. The molecule has 5 nitrogen and oxygen atoms in total. The fraction of sp³-hybridized carbons (Fsp3) is 0.182. The lowest BCUT2D eigenvalue weighted by molar-refractivity contribution is 0.402. The maximum Gasteiger partial charge on any atom is 0.187 e. The number of nitrogens with one attached hydrogen (secondary N) is 1. The van der Waals surface area contributed by atoms with E-state index in [2.05, 4.69) is 26.1 Å². The zero-order valence-corrected chi connectivity index (χ0v) is 12.0. The highest BCUT2D eigenvalue weighted by Crippen LogP contribution is 2.29. The quantitative estimate of drug-likeness (QED) is 0.932. The Morgan fingerprint density at radius 1 is 1.39 bits per heavy atom. The molecule has 1 aromatic carbocycles. The SMILES string of the molecule is COc1ccc(Br)cc1S(=O)(=O)Cc1ccn[nH]1. The van der Waals surface area contributed by atoms with Crippen molar-refractivity contribution >= 4 is 25.8 Å². The first-order chi connectivity index (χ1) is 8.53. The number of nitrogens with zero attached hydrogens (tertiary/aromatic N) is 1. The Morgan fingerprint density at radius 2 is 2.17 bits per heavy atom. The summed E-state index contributed by atoms with van der Waals surface area (Å²) in [6.45, 7) is 0. The van der Waals surface area contributed by atoms with E-state index in [1.54, 1.807) is 18.2 Å². The molecule has 0 radical (unpaired) electrons. The van der Waals surface area contributed by atoms with Crippen LogP contribution < -0.4 is 4.74 Å². The molecule has 1 aromatic heterocycles. The van der Waals surface area contributed by atoms with Crippen LogP contribution in [-0.4, -0.2) is 25.7 Å². The minimum Gasteiger partial charge on any atom is -0.495 e. The van der Waals surface area contributed by atoms with Gasteiger partial charge in [-0.1, -0.05) is 15.9 Å². The predicted octanol–water partition coefficient (Wildman–Crippen LogP) is 2.15. The van der Waals surface area contributed by atoms with Gasteiger partial charge in [0, 0.05) is 10.7 Å². The summed E-state index contributed by atoms with van der Waals surface area (Å²) >= 11 is 3.26. The third-order valence-corrected chi connectivity index (χ3v) is 4.54. The number of halogens is 1. The second kappa shape index (κ2) is 5.11. The number of sulfone groups is 1. The fourth-order valence-electron chi connectivity index (χ4n) is 1.54. The van der Waals surface area contributed by atoms with Crippen LogP contribution in [0, 0.1) is 0 Å². The number of ether oxygens (including phenoxy) is 1. The van der Waals surface area contributed by atoms with Gasteiger partial charge in [0.1, 0.15) is 10.6 Å². The van der Waals surface area contributed by atoms with E-state index in [1.807, 2.05) is 0 Å². The fourth-order valence-corrected chi connectivity index (χ4v) is 3.54. The van der Waals surface area contributed by atoms with Crippen LogP contribution in [0.1, 0.15) is 5.69 Å². The molecule has 18 heavy (non-hydrogen) atoms. The third kappa shape index (κ3) is 2.73. The molecular weight excluding hydrogens is 320 g/mol. The van der Waals surface area contributed by atoms with Gasteiger partial charge >= 0.3 is 0 Å². The van der Waals surface area contributed by atoms with Crippen molar-refractivity contribution in [1.29, 1.82) is 0 Å². The Morgan fingerprint density at radius 3 is 2.78 bits per heavy atom. The average Bonchev–Trinajstić information content (AvgIpc) is 2.81. The van der Waals surface area contributed by atoms with Gasteiger partial charge in [0.05, 0.1) is 18.6 Å². The van der Waals surface area contributed by atoms with E-state index in [-0.39, 0.29) is 10.6 Å². The van der Waals surface area contributed by atoms with Crippen LogP contribution in [0.2, 0.25) is 0 Å². The number of aromatic nitrogens is 2. The van der Waals surface area contributed by atoms with Crippen molar-refractivity contribution in [2.24, 2.45) is 0 Å². The second-order valence-corrected chi connectivity index (χ2v) is 6.51. The molecule has 0 saturated carbocycles. The van der Waals surface area contributed by atoms with Gasteiger partial charge in [0.15, 0.2) is 9.84 Å². The smallest absolute Gasteiger partial charge is 0.187 e. The molecule has 1 N–H and O–H groups in total. The molecular formula is C11H11BrN2O3S. The van der Waals surface area contributed by atoms with Gasteiger partial charge in [-0.3, -0.25) is 5.10 Å². The average molecular weight is 331 g/mol. The molecule has 96 valence electrons. The Labute approximate surface area is 113 Å². The van der Waals surface area contributed by atoms with Gasteiger partial charge in [-0.25, -0.2) is 8.42 Å². The van der Waals surface area contributed by atoms with Crippen LogP contribution in [0.5, 0.6) is 5.75 Å². The van der Waals surface area contributed by atoms with Gasteiger partial charge < -0.3 is 4.74 Å². The molecule has 0 aliphatic carbocycles. The summed E-state index contributed by atoms with van der Waals surface area (Å²) in [6.07, 6.45) is 1.52. The summed E-state index contributed by atoms with van der Waals surface area (Å²) in [5.74, 6) is 0.192. The number of H-pyrrole nitrogens is 1. The number of hydrogen-bond acceptors (Lipinski definition) is 4. The van der Waals surface area contributed by atoms with E-state index in [0.717, 1.165) is 0 Å². The van der Waals surface area contributed by atoms with Gasteiger partial charge in [-0.15, -0.1) is 0 Å². The summed E-state index contributed by atoms with van der Waals surface area (Å²) in [7, 11) is -2.03. The molecule has 2 rings (SSSR count). The molecule has 0 aliphatic rings.